The van der Waals surface area contributed by atoms with Crippen LogP contribution >= 0.6 is 0 Å². The van der Waals surface area contributed by atoms with Crippen molar-refractivity contribution >= 4 is 5.65 Å². The molecule has 3 rings (SSSR count). The van der Waals surface area contributed by atoms with Gasteiger partial charge in [-0.05, 0) is 20.0 Å². The third kappa shape index (κ3) is 1.53. The summed E-state index contributed by atoms with van der Waals surface area (Å²) in [4.78, 5) is 18.0. The molecule has 5 heteroatoms. The molecule has 1 N–H and O–H groups in total. The summed E-state index contributed by atoms with van der Waals surface area (Å²) in [5.74, 6) is 1.44. The molecule has 0 amide bonds. The van der Waals surface area contributed by atoms with Crippen LogP contribution in [0.4, 0.5) is 0 Å². The predicted molar refractivity (Wildman–Crippen MR) is 60.7 cm³/mol. The molecule has 1 aliphatic rings. The Labute approximate surface area is 92.7 Å². The van der Waals surface area contributed by atoms with Gasteiger partial charge in [0.1, 0.15) is 5.82 Å². The lowest BCUT2D eigenvalue weighted by atomic mass is 10.1. The first-order valence-electron chi connectivity index (χ1n) is 5.49. The summed E-state index contributed by atoms with van der Waals surface area (Å²) in [5.41, 5.74) is 0.707. The smallest absolute Gasteiger partial charge is 0.183 e. The van der Waals surface area contributed by atoms with E-state index < -0.39 is 0 Å². The Morgan fingerprint density at radius 1 is 1.56 bits per heavy atom. The maximum atomic E-state index is 11.2. The highest BCUT2D eigenvalue weighted by Crippen LogP contribution is 2.23. The van der Waals surface area contributed by atoms with E-state index in [0.717, 1.165) is 25.3 Å². The monoisotopic (exact) mass is 218 g/mol. The second-order valence-corrected chi connectivity index (χ2v) is 4.45. The fourth-order valence-corrected chi connectivity index (χ4v) is 2.26. The van der Waals surface area contributed by atoms with Crippen molar-refractivity contribution in [3.05, 3.63) is 34.4 Å². The first-order valence-corrected chi connectivity index (χ1v) is 5.49. The summed E-state index contributed by atoms with van der Waals surface area (Å²) in [7, 11) is 2.12. The zero-order valence-corrected chi connectivity index (χ0v) is 9.18. The molecule has 16 heavy (non-hydrogen) atoms. The summed E-state index contributed by atoms with van der Waals surface area (Å²) < 4.78 is 1.80. The van der Waals surface area contributed by atoms with E-state index in [1.165, 1.54) is 6.07 Å². The molecular weight excluding hydrogens is 204 g/mol. The predicted octanol–water partition coefficient (Wildman–Crippen LogP) is 0.442. The van der Waals surface area contributed by atoms with Crippen LogP contribution in [-0.4, -0.2) is 39.6 Å². The van der Waals surface area contributed by atoms with Gasteiger partial charge in [0.25, 0.3) is 0 Å². The van der Waals surface area contributed by atoms with Gasteiger partial charge >= 0.3 is 0 Å². The van der Waals surface area contributed by atoms with E-state index >= 15 is 0 Å². The number of aromatic nitrogens is 3. The van der Waals surface area contributed by atoms with E-state index in [1.807, 2.05) is 0 Å². The van der Waals surface area contributed by atoms with Crippen LogP contribution in [0.25, 0.3) is 5.65 Å². The van der Waals surface area contributed by atoms with E-state index in [4.69, 9.17) is 0 Å². The number of fused-ring (bicyclic) bond motifs is 1. The minimum Gasteiger partial charge on any atom is -0.306 e. The summed E-state index contributed by atoms with van der Waals surface area (Å²) in [6.45, 7) is 2.14. The molecule has 0 bridgehead atoms. The molecule has 1 unspecified atom stereocenters. The van der Waals surface area contributed by atoms with Gasteiger partial charge in [0.2, 0.25) is 0 Å². The van der Waals surface area contributed by atoms with E-state index in [2.05, 4.69) is 22.0 Å². The molecule has 0 saturated carbocycles. The van der Waals surface area contributed by atoms with Crippen molar-refractivity contribution in [2.24, 2.45) is 0 Å². The van der Waals surface area contributed by atoms with Gasteiger partial charge in [-0.15, -0.1) is 0 Å². The van der Waals surface area contributed by atoms with Gasteiger partial charge in [-0.3, -0.25) is 9.89 Å². The van der Waals surface area contributed by atoms with Crippen molar-refractivity contribution in [1.82, 2.24) is 19.5 Å². The van der Waals surface area contributed by atoms with E-state index in [-0.39, 0.29) is 5.43 Å². The molecule has 2 aromatic heterocycles. The number of aromatic amines is 1. The summed E-state index contributed by atoms with van der Waals surface area (Å²) in [6.07, 6.45) is 2.86. The highest BCUT2D eigenvalue weighted by atomic mass is 16.1. The molecule has 0 spiro atoms. The Hall–Kier alpha value is -1.62. The number of hydrogen-bond acceptors (Lipinski definition) is 3. The van der Waals surface area contributed by atoms with Crippen molar-refractivity contribution in [3.8, 4) is 0 Å². The van der Waals surface area contributed by atoms with E-state index in [0.29, 0.717) is 11.6 Å². The quantitative estimate of drug-likeness (QED) is 0.755. The maximum absolute atomic E-state index is 11.2. The Morgan fingerprint density at radius 3 is 3.19 bits per heavy atom. The molecule has 84 valence electrons. The third-order valence-corrected chi connectivity index (χ3v) is 3.15. The molecule has 5 nitrogen and oxygen atoms in total. The van der Waals surface area contributed by atoms with Crippen LogP contribution in [0.2, 0.25) is 0 Å². The van der Waals surface area contributed by atoms with E-state index in [9.17, 15) is 4.79 Å². The van der Waals surface area contributed by atoms with Gasteiger partial charge in [0.05, 0.1) is 0 Å². The number of pyridine rings is 1. The second-order valence-electron chi connectivity index (χ2n) is 4.45. The zero-order chi connectivity index (χ0) is 11.1. The Morgan fingerprint density at radius 2 is 2.44 bits per heavy atom. The Bertz CT molecular complexity index is 571. The molecule has 1 aliphatic heterocycles. The van der Waals surface area contributed by atoms with Gasteiger partial charge in [0.15, 0.2) is 11.1 Å². The lowest BCUT2D eigenvalue weighted by Crippen LogP contribution is -2.13. The molecule has 3 heterocycles. The molecule has 2 aromatic rings. The largest absolute Gasteiger partial charge is 0.306 e. The van der Waals surface area contributed by atoms with Gasteiger partial charge in [-0.2, -0.15) is 0 Å². The van der Waals surface area contributed by atoms with Crippen LogP contribution in [-0.2, 0) is 0 Å². The summed E-state index contributed by atoms with van der Waals surface area (Å²) in [5, 5.41) is 3.23. The van der Waals surface area contributed by atoms with Gasteiger partial charge < -0.3 is 4.90 Å². The third-order valence-electron chi connectivity index (χ3n) is 3.15. The average Bonchev–Trinajstić information content (AvgIpc) is 2.83. The topological polar surface area (TPSA) is 53.4 Å². The lowest BCUT2D eigenvalue weighted by Gasteiger charge is -2.06. The molecular formula is C11H14N4O. The highest BCUT2D eigenvalue weighted by molar-refractivity contribution is 5.36. The number of rotatable bonds is 1. The normalized spacial score (nSPS) is 21.9. The minimum atomic E-state index is 0.00147. The highest BCUT2D eigenvalue weighted by Gasteiger charge is 2.23. The lowest BCUT2D eigenvalue weighted by molar-refractivity contribution is 0.409. The number of H-pyrrole nitrogens is 1. The SMILES string of the molecule is CN1CCC(c2nc3cc(=O)ccn3[nH]2)C1. The summed E-state index contributed by atoms with van der Waals surface area (Å²) in [6, 6.07) is 3.09. The molecule has 1 atom stereocenters. The molecule has 0 aromatic carbocycles. The average molecular weight is 218 g/mol. The zero-order valence-electron chi connectivity index (χ0n) is 9.18. The number of nitrogens with one attached hydrogen (secondary N) is 1. The van der Waals surface area contributed by atoms with Crippen LogP contribution in [0, 0.1) is 0 Å². The Balaban J connectivity index is 2.02. The molecule has 1 fully saturated rings. The van der Waals surface area contributed by atoms with Crippen LogP contribution in [0.1, 0.15) is 18.2 Å². The van der Waals surface area contributed by atoms with Crippen molar-refractivity contribution in [2.45, 2.75) is 12.3 Å². The van der Waals surface area contributed by atoms with Gasteiger partial charge in [0, 0.05) is 30.8 Å². The number of nitrogens with zero attached hydrogens (tertiary/aromatic N) is 3. The minimum absolute atomic E-state index is 0.00147. The van der Waals surface area contributed by atoms with Gasteiger partial charge in [-0.1, -0.05) is 0 Å². The first kappa shape index (κ1) is 9.59. The fourth-order valence-electron chi connectivity index (χ4n) is 2.26. The molecule has 1 saturated heterocycles. The molecule has 0 aliphatic carbocycles. The standard InChI is InChI=1S/C11H14N4O/c1-14-4-2-8(7-14)11-12-10-6-9(16)3-5-15(10)13-11/h3,5-6,8H,2,4,7H2,1H3,(H,12,13). The fraction of sp³-hybridized carbons (Fsp3) is 0.455. The van der Waals surface area contributed by atoms with Crippen molar-refractivity contribution in [3.63, 3.8) is 0 Å². The number of hydrogen-bond donors (Lipinski definition) is 1. The van der Waals surface area contributed by atoms with Gasteiger partial charge in [-0.25, -0.2) is 9.50 Å². The van der Waals surface area contributed by atoms with E-state index in [1.54, 1.807) is 16.8 Å². The van der Waals surface area contributed by atoms with Crippen LogP contribution in [0.15, 0.2) is 23.1 Å². The van der Waals surface area contributed by atoms with Crippen molar-refractivity contribution in [2.75, 3.05) is 20.1 Å². The number of likely N-dealkylation sites (tertiary alicyclic amines) is 1. The van der Waals surface area contributed by atoms with Crippen molar-refractivity contribution in [1.29, 1.82) is 0 Å². The van der Waals surface area contributed by atoms with Crippen LogP contribution < -0.4 is 5.43 Å². The van der Waals surface area contributed by atoms with Crippen LogP contribution in [0.3, 0.4) is 0 Å². The second kappa shape index (κ2) is 3.45. The van der Waals surface area contributed by atoms with Crippen LogP contribution in [0.5, 0.6) is 0 Å². The Kier molecular flexibility index (Phi) is 2.07. The molecule has 0 radical (unpaired) electrons. The van der Waals surface area contributed by atoms with Crippen molar-refractivity contribution < 1.29 is 0 Å². The first-order chi connectivity index (χ1) is 7.72. The summed E-state index contributed by atoms with van der Waals surface area (Å²) >= 11 is 0. The maximum Gasteiger partial charge on any atom is 0.183 e. The number of likely N-dealkylation sites (N-methyl/N-ethyl adjacent to an activating group) is 1.